The van der Waals surface area contributed by atoms with Crippen molar-refractivity contribution in [3.63, 3.8) is 0 Å². The highest BCUT2D eigenvalue weighted by Crippen LogP contribution is 2.14. The van der Waals surface area contributed by atoms with E-state index in [9.17, 15) is 9.59 Å². The van der Waals surface area contributed by atoms with E-state index in [1.54, 1.807) is 41.2 Å². The van der Waals surface area contributed by atoms with Gasteiger partial charge in [-0.3, -0.25) is 9.59 Å². The monoisotopic (exact) mass is 398 g/mol. The second kappa shape index (κ2) is 9.16. The zero-order chi connectivity index (χ0) is 19.9. The van der Waals surface area contributed by atoms with Crippen LogP contribution in [-0.2, 0) is 16.1 Å². The Morgan fingerprint density at radius 3 is 2.79 bits per heavy atom. The molecule has 0 bridgehead atoms. The summed E-state index contributed by atoms with van der Waals surface area (Å²) in [5, 5.41) is 10.4. The predicted octanol–water partition coefficient (Wildman–Crippen LogP) is 3.04. The van der Waals surface area contributed by atoms with Gasteiger partial charge in [0, 0.05) is 24.2 Å². The Bertz CT molecular complexity index is 987. The summed E-state index contributed by atoms with van der Waals surface area (Å²) in [6.07, 6.45) is 3.19. The van der Waals surface area contributed by atoms with Crippen LogP contribution < -0.4 is 10.6 Å². The Hall–Kier alpha value is -3.16. The molecule has 3 aromatic rings. The lowest BCUT2D eigenvalue weighted by molar-refractivity contribution is -0.119. The zero-order valence-corrected chi connectivity index (χ0v) is 15.9. The summed E-state index contributed by atoms with van der Waals surface area (Å²) in [6, 6.07) is 14.4. The molecule has 0 unspecified atom stereocenters. The number of carbonyl (C=O) groups excluding carboxylic acids is 2. The van der Waals surface area contributed by atoms with Crippen molar-refractivity contribution in [2.75, 3.05) is 19.0 Å². The van der Waals surface area contributed by atoms with Gasteiger partial charge < -0.3 is 15.4 Å². The third kappa shape index (κ3) is 5.18. The number of amides is 2. The molecule has 0 saturated carbocycles. The fourth-order valence-electron chi connectivity index (χ4n) is 2.58. The highest BCUT2D eigenvalue weighted by atomic mass is 35.5. The van der Waals surface area contributed by atoms with Gasteiger partial charge in [0.05, 0.1) is 23.8 Å². The summed E-state index contributed by atoms with van der Waals surface area (Å²) < 4.78 is 6.36. The number of nitrogens with one attached hydrogen (secondary N) is 2. The highest BCUT2D eigenvalue weighted by Gasteiger charge is 2.09. The first-order valence-electron chi connectivity index (χ1n) is 8.51. The first-order valence-corrected chi connectivity index (χ1v) is 8.89. The van der Waals surface area contributed by atoms with Gasteiger partial charge in [0.1, 0.15) is 6.61 Å². The minimum absolute atomic E-state index is 0.0343. The third-order valence-corrected chi connectivity index (χ3v) is 4.09. The summed E-state index contributed by atoms with van der Waals surface area (Å²) in [7, 11) is 1.45. The molecule has 2 aromatic carbocycles. The average Bonchev–Trinajstić information content (AvgIpc) is 3.15. The molecule has 0 atom stereocenters. The number of anilines is 1. The maximum Gasteiger partial charge on any atom is 0.251 e. The normalized spacial score (nSPS) is 10.5. The van der Waals surface area contributed by atoms with Crippen LogP contribution in [0.5, 0.6) is 0 Å². The number of benzene rings is 2. The van der Waals surface area contributed by atoms with E-state index in [1.807, 2.05) is 18.2 Å². The largest absolute Gasteiger partial charge is 0.375 e. The molecule has 144 valence electrons. The lowest BCUT2D eigenvalue weighted by atomic mass is 10.1. The lowest BCUT2D eigenvalue weighted by Crippen LogP contribution is -2.22. The number of nitrogens with zero attached hydrogens (tertiary/aromatic N) is 2. The first-order chi connectivity index (χ1) is 13.5. The van der Waals surface area contributed by atoms with E-state index in [0.29, 0.717) is 28.5 Å². The van der Waals surface area contributed by atoms with Gasteiger partial charge in [-0.25, -0.2) is 4.68 Å². The number of rotatable bonds is 7. The Morgan fingerprint density at radius 1 is 1.18 bits per heavy atom. The van der Waals surface area contributed by atoms with Gasteiger partial charge in [-0.2, -0.15) is 5.10 Å². The molecule has 0 aliphatic carbocycles. The maximum atomic E-state index is 12.5. The molecule has 0 radical (unpaired) electrons. The fourth-order valence-corrected chi connectivity index (χ4v) is 2.79. The average molecular weight is 399 g/mol. The van der Waals surface area contributed by atoms with Crippen LogP contribution in [0, 0.1) is 0 Å². The second-order valence-electron chi connectivity index (χ2n) is 6.02. The number of halogens is 1. The number of hydrogen-bond donors (Lipinski definition) is 2. The van der Waals surface area contributed by atoms with Crippen molar-refractivity contribution in [3.8, 4) is 5.69 Å². The molecule has 0 fully saturated rings. The second-order valence-corrected chi connectivity index (χ2v) is 6.45. The van der Waals surface area contributed by atoms with Crippen LogP contribution in [0.25, 0.3) is 5.69 Å². The van der Waals surface area contributed by atoms with Gasteiger partial charge in [0.25, 0.3) is 5.91 Å². The van der Waals surface area contributed by atoms with Crippen LogP contribution in [0.15, 0.2) is 60.9 Å². The molecule has 0 aliphatic heterocycles. The summed E-state index contributed by atoms with van der Waals surface area (Å²) in [5.41, 5.74) is 2.65. The molecular weight excluding hydrogens is 380 g/mol. The number of ether oxygens (including phenoxy) is 1. The maximum absolute atomic E-state index is 12.5. The van der Waals surface area contributed by atoms with Crippen LogP contribution in [0.1, 0.15) is 15.9 Å². The predicted molar refractivity (Wildman–Crippen MR) is 107 cm³/mol. The third-order valence-electron chi connectivity index (χ3n) is 3.86. The van der Waals surface area contributed by atoms with Crippen LogP contribution in [0.4, 0.5) is 5.69 Å². The minimum Gasteiger partial charge on any atom is -0.375 e. The molecule has 1 heterocycles. The van der Waals surface area contributed by atoms with E-state index in [2.05, 4.69) is 15.7 Å². The van der Waals surface area contributed by atoms with E-state index in [-0.39, 0.29) is 18.4 Å². The summed E-state index contributed by atoms with van der Waals surface area (Å²) in [6.45, 7) is 0.342. The molecule has 0 saturated heterocycles. The molecule has 0 aliphatic rings. The van der Waals surface area contributed by atoms with Crippen molar-refractivity contribution >= 4 is 29.1 Å². The van der Waals surface area contributed by atoms with Crippen LogP contribution in [-0.4, -0.2) is 35.3 Å². The Kier molecular flexibility index (Phi) is 6.41. The topological polar surface area (TPSA) is 85.2 Å². The van der Waals surface area contributed by atoms with Crippen molar-refractivity contribution in [1.82, 2.24) is 15.1 Å². The van der Waals surface area contributed by atoms with Gasteiger partial charge >= 0.3 is 0 Å². The quantitative estimate of drug-likeness (QED) is 0.640. The van der Waals surface area contributed by atoms with Crippen molar-refractivity contribution in [2.24, 2.45) is 0 Å². The van der Waals surface area contributed by atoms with E-state index in [1.165, 1.54) is 13.3 Å². The standard InChI is InChI=1S/C20H19ClN4O3/c1-28-13-19(26)24-17-11-23-25(12-17)18-7-3-5-15(9-18)20(27)22-10-14-4-2-6-16(21)8-14/h2-9,11-12H,10,13H2,1H3,(H,22,27)(H,24,26). The van der Waals surface area contributed by atoms with Crippen molar-refractivity contribution in [1.29, 1.82) is 0 Å². The van der Waals surface area contributed by atoms with Crippen LogP contribution in [0.3, 0.4) is 0 Å². The van der Waals surface area contributed by atoms with Gasteiger partial charge in [0.2, 0.25) is 5.91 Å². The lowest BCUT2D eigenvalue weighted by Gasteiger charge is -2.08. The molecule has 3 rings (SSSR count). The number of hydrogen-bond acceptors (Lipinski definition) is 4. The molecular formula is C20H19ClN4O3. The summed E-state index contributed by atoms with van der Waals surface area (Å²) >= 11 is 5.96. The molecule has 2 N–H and O–H groups in total. The van der Waals surface area contributed by atoms with Crippen molar-refractivity contribution < 1.29 is 14.3 Å². The number of carbonyl (C=O) groups is 2. The van der Waals surface area contributed by atoms with Crippen LogP contribution >= 0.6 is 11.6 Å². The van der Waals surface area contributed by atoms with Crippen molar-refractivity contribution in [2.45, 2.75) is 6.54 Å². The molecule has 1 aromatic heterocycles. The van der Waals surface area contributed by atoms with E-state index >= 15 is 0 Å². The van der Waals surface area contributed by atoms with Crippen molar-refractivity contribution in [3.05, 3.63) is 77.1 Å². The summed E-state index contributed by atoms with van der Waals surface area (Å²) in [5.74, 6) is -0.473. The fraction of sp³-hybridized carbons (Fsp3) is 0.150. The molecule has 0 spiro atoms. The van der Waals surface area contributed by atoms with E-state index < -0.39 is 0 Å². The van der Waals surface area contributed by atoms with Gasteiger partial charge in [-0.1, -0.05) is 29.8 Å². The van der Waals surface area contributed by atoms with Gasteiger partial charge in [0.15, 0.2) is 0 Å². The summed E-state index contributed by atoms with van der Waals surface area (Å²) in [4.78, 5) is 24.0. The Balaban J connectivity index is 1.67. The number of methoxy groups -OCH3 is 1. The van der Waals surface area contributed by atoms with Gasteiger partial charge in [-0.15, -0.1) is 0 Å². The Labute approximate surface area is 167 Å². The highest BCUT2D eigenvalue weighted by molar-refractivity contribution is 6.30. The minimum atomic E-state index is -0.267. The van der Waals surface area contributed by atoms with Gasteiger partial charge in [-0.05, 0) is 35.9 Å². The van der Waals surface area contributed by atoms with Crippen LogP contribution in [0.2, 0.25) is 5.02 Å². The SMILES string of the molecule is COCC(=O)Nc1cnn(-c2cccc(C(=O)NCc3cccc(Cl)c3)c2)c1. The Morgan fingerprint density at radius 2 is 2.00 bits per heavy atom. The molecule has 7 nitrogen and oxygen atoms in total. The van der Waals surface area contributed by atoms with E-state index in [4.69, 9.17) is 16.3 Å². The number of aromatic nitrogens is 2. The smallest absolute Gasteiger partial charge is 0.251 e. The molecule has 2 amide bonds. The first kappa shape index (κ1) is 19.6. The molecule has 28 heavy (non-hydrogen) atoms. The molecule has 8 heteroatoms. The zero-order valence-electron chi connectivity index (χ0n) is 15.2. The van der Waals surface area contributed by atoms with E-state index in [0.717, 1.165) is 5.56 Å².